The highest BCUT2D eigenvalue weighted by atomic mass is 14.5. The minimum Gasteiger partial charge on any atom is -0.320 e. The molecule has 0 spiro atoms. The van der Waals surface area contributed by atoms with Crippen molar-refractivity contribution in [3.8, 4) is 11.8 Å². The average Bonchev–Trinajstić information content (AvgIpc) is 2.09. The van der Waals surface area contributed by atoms with Gasteiger partial charge in [0.05, 0.1) is 6.54 Å². The Bertz CT molecular complexity index is 342. The monoisotopic (exact) mass is 173 g/mol. The van der Waals surface area contributed by atoms with Crippen molar-refractivity contribution >= 4 is 0 Å². The predicted octanol–water partition coefficient (Wildman–Crippen LogP) is 1.81. The lowest BCUT2D eigenvalue weighted by molar-refractivity contribution is 1.22. The minimum atomic E-state index is 0.449. The smallest absolute Gasteiger partial charge is 0.0551 e. The van der Waals surface area contributed by atoms with Crippen LogP contribution in [0.1, 0.15) is 16.7 Å². The number of rotatable bonds is 1. The fourth-order valence-electron chi connectivity index (χ4n) is 1.27. The highest BCUT2D eigenvalue weighted by Gasteiger charge is 1.95. The summed E-state index contributed by atoms with van der Waals surface area (Å²) in [7, 11) is 0. The summed E-state index contributed by atoms with van der Waals surface area (Å²) < 4.78 is 0. The molecule has 1 rings (SSSR count). The third-order valence-electron chi connectivity index (χ3n) is 2.00. The standard InChI is InChI=1S/C12H15N/c1-10-6-7-12(11(2)9-10)5-3-4-8-13/h6-7,9H,5,8,13H2,1-2H3. The number of nitrogens with two attached hydrogens (primary N) is 1. The van der Waals surface area contributed by atoms with Crippen LogP contribution in [0.5, 0.6) is 0 Å². The molecule has 1 nitrogen and oxygen atoms in total. The highest BCUT2D eigenvalue weighted by molar-refractivity contribution is 5.33. The van der Waals surface area contributed by atoms with E-state index in [0.29, 0.717) is 6.54 Å². The van der Waals surface area contributed by atoms with E-state index < -0.39 is 0 Å². The molecule has 1 aromatic rings. The first kappa shape index (κ1) is 9.83. The largest absolute Gasteiger partial charge is 0.320 e. The van der Waals surface area contributed by atoms with Crippen LogP contribution in [0.25, 0.3) is 0 Å². The van der Waals surface area contributed by atoms with E-state index >= 15 is 0 Å². The Kier molecular flexibility index (Phi) is 3.54. The van der Waals surface area contributed by atoms with Crippen LogP contribution >= 0.6 is 0 Å². The molecule has 0 atom stereocenters. The van der Waals surface area contributed by atoms with Gasteiger partial charge in [-0.3, -0.25) is 0 Å². The number of hydrogen-bond donors (Lipinski definition) is 1. The van der Waals surface area contributed by atoms with Crippen LogP contribution in [0.15, 0.2) is 18.2 Å². The molecule has 0 aliphatic carbocycles. The molecular weight excluding hydrogens is 158 g/mol. The Labute approximate surface area is 80.0 Å². The van der Waals surface area contributed by atoms with Gasteiger partial charge >= 0.3 is 0 Å². The summed E-state index contributed by atoms with van der Waals surface area (Å²) >= 11 is 0. The van der Waals surface area contributed by atoms with E-state index in [-0.39, 0.29) is 0 Å². The Hall–Kier alpha value is -1.26. The Morgan fingerprint density at radius 3 is 2.62 bits per heavy atom. The van der Waals surface area contributed by atoms with E-state index in [0.717, 1.165) is 6.42 Å². The molecule has 0 fully saturated rings. The maximum Gasteiger partial charge on any atom is 0.0551 e. The van der Waals surface area contributed by atoms with Crippen molar-refractivity contribution in [2.24, 2.45) is 5.73 Å². The third kappa shape index (κ3) is 2.93. The molecule has 1 aromatic carbocycles. The van der Waals surface area contributed by atoms with Crippen LogP contribution < -0.4 is 5.73 Å². The van der Waals surface area contributed by atoms with E-state index in [1.165, 1.54) is 16.7 Å². The normalized spacial score (nSPS) is 9.15. The summed E-state index contributed by atoms with van der Waals surface area (Å²) in [5.74, 6) is 5.90. The van der Waals surface area contributed by atoms with Gasteiger partial charge in [0.2, 0.25) is 0 Å². The van der Waals surface area contributed by atoms with Crippen LogP contribution in [0.4, 0.5) is 0 Å². The lowest BCUT2D eigenvalue weighted by Crippen LogP contribution is -1.94. The van der Waals surface area contributed by atoms with Crippen molar-refractivity contribution in [3.63, 3.8) is 0 Å². The molecule has 13 heavy (non-hydrogen) atoms. The Morgan fingerprint density at radius 1 is 1.23 bits per heavy atom. The van der Waals surface area contributed by atoms with Gasteiger partial charge in [0.15, 0.2) is 0 Å². The lowest BCUT2D eigenvalue weighted by Gasteiger charge is -2.02. The minimum absolute atomic E-state index is 0.449. The van der Waals surface area contributed by atoms with Crippen molar-refractivity contribution in [2.45, 2.75) is 20.3 Å². The van der Waals surface area contributed by atoms with Gasteiger partial charge in [0, 0.05) is 6.42 Å². The summed E-state index contributed by atoms with van der Waals surface area (Å²) in [6, 6.07) is 6.43. The van der Waals surface area contributed by atoms with Crippen LogP contribution in [0.3, 0.4) is 0 Å². The molecule has 2 N–H and O–H groups in total. The van der Waals surface area contributed by atoms with Gasteiger partial charge in [-0.05, 0) is 25.0 Å². The number of hydrogen-bond acceptors (Lipinski definition) is 1. The van der Waals surface area contributed by atoms with Crippen molar-refractivity contribution in [1.29, 1.82) is 0 Å². The lowest BCUT2D eigenvalue weighted by atomic mass is 10.0. The number of aryl methyl sites for hydroxylation is 2. The first-order valence-corrected chi connectivity index (χ1v) is 4.46. The molecule has 68 valence electrons. The first-order valence-electron chi connectivity index (χ1n) is 4.46. The van der Waals surface area contributed by atoms with E-state index in [9.17, 15) is 0 Å². The van der Waals surface area contributed by atoms with Gasteiger partial charge in [-0.25, -0.2) is 0 Å². The molecule has 0 aliphatic heterocycles. The molecule has 0 radical (unpaired) electrons. The zero-order chi connectivity index (χ0) is 9.68. The predicted molar refractivity (Wildman–Crippen MR) is 56.5 cm³/mol. The maximum absolute atomic E-state index is 5.28. The van der Waals surface area contributed by atoms with Crippen molar-refractivity contribution in [2.75, 3.05) is 6.54 Å². The number of benzene rings is 1. The summed E-state index contributed by atoms with van der Waals surface area (Å²) in [5.41, 5.74) is 9.19. The van der Waals surface area contributed by atoms with Gasteiger partial charge in [0.1, 0.15) is 0 Å². The molecular formula is C12H15N. The second-order valence-corrected chi connectivity index (χ2v) is 3.16. The van der Waals surface area contributed by atoms with Crippen molar-refractivity contribution < 1.29 is 0 Å². The van der Waals surface area contributed by atoms with Crippen LogP contribution in [0.2, 0.25) is 0 Å². The summed E-state index contributed by atoms with van der Waals surface area (Å²) in [4.78, 5) is 0. The first-order chi connectivity index (χ1) is 6.24. The third-order valence-corrected chi connectivity index (χ3v) is 2.00. The van der Waals surface area contributed by atoms with Gasteiger partial charge in [-0.2, -0.15) is 0 Å². The average molecular weight is 173 g/mol. The van der Waals surface area contributed by atoms with Crippen molar-refractivity contribution in [3.05, 3.63) is 34.9 Å². The molecule has 0 amide bonds. The SMILES string of the molecule is Cc1ccc(CC#CCN)c(C)c1. The molecule has 0 aromatic heterocycles. The molecule has 1 heteroatoms. The second-order valence-electron chi connectivity index (χ2n) is 3.16. The summed E-state index contributed by atoms with van der Waals surface area (Å²) in [5, 5.41) is 0. The highest BCUT2D eigenvalue weighted by Crippen LogP contribution is 2.10. The van der Waals surface area contributed by atoms with Crippen molar-refractivity contribution in [1.82, 2.24) is 0 Å². The molecule has 0 bridgehead atoms. The van der Waals surface area contributed by atoms with E-state index in [4.69, 9.17) is 5.73 Å². The van der Waals surface area contributed by atoms with Crippen LogP contribution in [-0.2, 0) is 6.42 Å². The molecule has 0 saturated carbocycles. The van der Waals surface area contributed by atoms with Gasteiger partial charge in [-0.15, -0.1) is 0 Å². The Balaban J connectivity index is 2.78. The van der Waals surface area contributed by atoms with E-state index in [2.05, 4.69) is 43.9 Å². The molecule has 0 unspecified atom stereocenters. The topological polar surface area (TPSA) is 26.0 Å². The fraction of sp³-hybridized carbons (Fsp3) is 0.333. The second kappa shape index (κ2) is 4.69. The maximum atomic E-state index is 5.28. The summed E-state index contributed by atoms with van der Waals surface area (Å²) in [6.07, 6.45) is 0.809. The quantitative estimate of drug-likeness (QED) is 0.644. The van der Waals surface area contributed by atoms with Crippen LogP contribution in [0, 0.1) is 25.7 Å². The summed E-state index contributed by atoms with van der Waals surface area (Å²) in [6.45, 7) is 4.67. The zero-order valence-electron chi connectivity index (χ0n) is 8.22. The van der Waals surface area contributed by atoms with Crippen LogP contribution in [-0.4, -0.2) is 6.54 Å². The molecule has 0 heterocycles. The van der Waals surface area contributed by atoms with Gasteiger partial charge in [-0.1, -0.05) is 35.6 Å². The van der Waals surface area contributed by atoms with E-state index in [1.54, 1.807) is 0 Å². The van der Waals surface area contributed by atoms with E-state index in [1.807, 2.05) is 0 Å². The van der Waals surface area contributed by atoms with Gasteiger partial charge < -0.3 is 5.73 Å². The van der Waals surface area contributed by atoms with Gasteiger partial charge in [0.25, 0.3) is 0 Å². The zero-order valence-corrected chi connectivity index (χ0v) is 8.22. The Morgan fingerprint density at radius 2 is 2.00 bits per heavy atom. The fourth-order valence-corrected chi connectivity index (χ4v) is 1.27. The molecule has 0 saturated heterocycles. The molecule has 0 aliphatic rings.